The van der Waals surface area contributed by atoms with Crippen LogP contribution in [-0.2, 0) is 16.1 Å². The van der Waals surface area contributed by atoms with Gasteiger partial charge in [-0.2, -0.15) is 0 Å². The van der Waals surface area contributed by atoms with Crippen LogP contribution in [0.5, 0.6) is 0 Å². The van der Waals surface area contributed by atoms with Crippen LogP contribution in [0.1, 0.15) is 34.5 Å². The maximum absolute atomic E-state index is 13.0. The molecule has 0 radical (unpaired) electrons. The zero-order valence-electron chi connectivity index (χ0n) is 20.7. The van der Waals surface area contributed by atoms with Crippen molar-refractivity contribution in [2.24, 2.45) is 5.73 Å². The highest BCUT2D eigenvalue weighted by molar-refractivity contribution is 5.97. The molecule has 3 rings (SSSR count). The molecule has 204 valence electrons. The van der Waals surface area contributed by atoms with Crippen molar-refractivity contribution in [3.05, 3.63) is 101 Å². The summed E-state index contributed by atoms with van der Waals surface area (Å²) in [7, 11) is 1.81. The minimum Gasteiger partial charge on any atom is -0.339 e. The number of carbonyl (C=O) groups is 3. The Balaban J connectivity index is 0.00000533. The Labute approximate surface area is 227 Å². The number of halogens is 1. The number of carbonyl (C=O) groups excluding carboxylic acids is 3. The highest BCUT2D eigenvalue weighted by Crippen LogP contribution is 2.11. The molecule has 0 aliphatic rings. The summed E-state index contributed by atoms with van der Waals surface area (Å²) in [5, 5.41) is 14.0. The minimum absolute atomic E-state index is 0. The summed E-state index contributed by atoms with van der Waals surface area (Å²) in [5.74, 6) is 4.24. The second-order valence-corrected chi connectivity index (χ2v) is 8.49. The van der Waals surface area contributed by atoms with E-state index < -0.39 is 17.9 Å². The second kappa shape index (κ2) is 15.0. The monoisotopic (exact) mass is 533 g/mol. The van der Waals surface area contributed by atoms with Gasteiger partial charge in [-0.15, -0.1) is 0 Å². The molecule has 0 saturated carbocycles. The van der Waals surface area contributed by atoms with Crippen molar-refractivity contribution < 1.29 is 24.0 Å². The van der Waals surface area contributed by atoms with Gasteiger partial charge in [-0.1, -0.05) is 31.4 Å². The third kappa shape index (κ3) is 9.68. The highest BCUT2D eigenvalue weighted by atomic mass is 19.1. The van der Waals surface area contributed by atoms with Crippen LogP contribution in [0, 0.1) is 17.7 Å². The molecule has 1 atom stereocenters. The van der Waals surface area contributed by atoms with Gasteiger partial charge in [0.2, 0.25) is 5.91 Å². The largest absolute Gasteiger partial charge is 0.339 e. The van der Waals surface area contributed by atoms with Gasteiger partial charge in [-0.25, -0.2) is 9.87 Å². The standard InChI is InChI=1S/C28H28FN5O4.CH4/c1-34(17-21-6-12-23(29)13-7-21)18-26(35)31-24-14-8-20(9-15-24)3-2-19-4-10-22(11-5-19)27(36)32-25(16-30)28(37)33-38;/h4-15,25,38H,16-18,30H2,1H3,(H,31,35)(H,32,36)(H,33,37);1H4/t25-;/m0./s1. The molecule has 0 fully saturated rings. The molecule has 0 aliphatic carbocycles. The third-order valence-electron chi connectivity index (χ3n) is 5.41. The van der Waals surface area contributed by atoms with E-state index in [2.05, 4.69) is 22.5 Å². The van der Waals surface area contributed by atoms with Crippen LogP contribution in [-0.4, -0.2) is 54.0 Å². The van der Waals surface area contributed by atoms with Crippen molar-refractivity contribution in [1.82, 2.24) is 15.7 Å². The zero-order valence-corrected chi connectivity index (χ0v) is 20.7. The smallest absolute Gasteiger partial charge is 0.267 e. The average Bonchev–Trinajstić information content (AvgIpc) is 2.92. The summed E-state index contributed by atoms with van der Waals surface area (Å²) in [4.78, 5) is 37.9. The number of nitrogens with two attached hydrogens (primary N) is 1. The molecule has 10 heteroatoms. The fraction of sp³-hybridized carbons (Fsp3) is 0.207. The predicted molar refractivity (Wildman–Crippen MR) is 147 cm³/mol. The van der Waals surface area contributed by atoms with E-state index >= 15 is 0 Å². The van der Waals surface area contributed by atoms with Crippen LogP contribution in [0.3, 0.4) is 0 Å². The van der Waals surface area contributed by atoms with Gasteiger partial charge in [0, 0.05) is 35.5 Å². The fourth-order valence-corrected chi connectivity index (χ4v) is 3.44. The number of rotatable bonds is 9. The van der Waals surface area contributed by atoms with Gasteiger partial charge in [-0.05, 0) is 73.3 Å². The van der Waals surface area contributed by atoms with Gasteiger partial charge in [0.05, 0.1) is 6.54 Å². The van der Waals surface area contributed by atoms with Crippen molar-refractivity contribution in [1.29, 1.82) is 0 Å². The minimum atomic E-state index is -1.05. The second-order valence-electron chi connectivity index (χ2n) is 8.49. The van der Waals surface area contributed by atoms with Crippen molar-refractivity contribution in [3.8, 4) is 11.8 Å². The molecule has 0 aliphatic heterocycles. The van der Waals surface area contributed by atoms with Crippen molar-refractivity contribution in [2.75, 3.05) is 25.5 Å². The van der Waals surface area contributed by atoms with Gasteiger partial charge in [0.25, 0.3) is 11.8 Å². The maximum Gasteiger partial charge on any atom is 0.267 e. The molecular formula is C29H32FN5O4. The number of amides is 3. The van der Waals surface area contributed by atoms with E-state index in [0.29, 0.717) is 23.4 Å². The number of hydrogen-bond acceptors (Lipinski definition) is 6. The Morgan fingerprint density at radius 2 is 1.51 bits per heavy atom. The van der Waals surface area contributed by atoms with E-state index in [4.69, 9.17) is 10.9 Å². The lowest BCUT2D eigenvalue weighted by atomic mass is 10.1. The van der Waals surface area contributed by atoms with Crippen molar-refractivity contribution in [2.45, 2.75) is 20.0 Å². The number of nitrogens with zero attached hydrogens (tertiary/aromatic N) is 1. The molecule has 0 heterocycles. The summed E-state index contributed by atoms with van der Waals surface area (Å²) in [6.45, 7) is 0.524. The molecule has 9 nitrogen and oxygen atoms in total. The van der Waals surface area contributed by atoms with E-state index in [1.807, 2.05) is 11.9 Å². The number of nitrogens with one attached hydrogen (secondary N) is 3. The molecule has 0 unspecified atom stereocenters. The lowest BCUT2D eigenvalue weighted by Crippen LogP contribution is -2.50. The third-order valence-corrected chi connectivity index (χ3v) is 5.41. The molecule has 6 N–H and O–H groups in total. The first-order valence-corrected chi connectivity index (χ1v) is 11.7. The first kappa shape index (κ1) is 30.7. The quantitative estimate of drug-likeness (QED) is 0.163. The normalized spacial score (nSPS) is 10.9. The van der Waals surface area contributed by atoms with Crippen LogP contribution >= 0.6 is 0 Å². The first-order valence-electron chi connectivity index (χ1n) is 11.7. The molecule has 0 bridgehead atoms. The van der Waals surface area contributed by atoms with Crippen LogP contribution in [0.15, 0.2) is 72.8 Å². The Hall–Kier alpha value is -4.56. The van der Waals surface area contributed by atoms with Gasteiger partial charge < -0.3 is 16.4 Å². The zero-order chi connectivity index (χ0) is 27.5. The Kier molecular flexibility index (Phi) is 11.8. The van der Waals surface area contributed by atoms with Crippen LogP contribution in [0.25, 0.3) is 0 Å². The molecule has 39 heavy (non-hydrogen) atoms. The molecule has 0 saturated heterocycles. The molecule has 3 aromatic rings. The summed E-state index contributed by atoms with van der Waals surface area (Å²) in [5.41, 5.74) is 10.2. The molecular weight excluding hydrogens is 501 g/mol. The summed E-state index contributed by atoms with van der Waals surface area (Å²) in [6.07, 6.45) is 0. The van der Waals surface area contributed by atoms with Gasteiger partial charge in [0.1, 0.15) is 11.9 Å². The Morgan fingerprint density at radius 3 is 2.05 bits per heavy atom. The first-order chi connectivity index (χ1) is 18.3. The molecule has 0 aromatic heterocycles. The van der Waals surface area contributed by atoms with Crippen molar-refractivity contribution >= 4 is 23.4 Å². The molecule has 3 amide bonds. The number of hydrogen-bond donors (Lipinski definition) is 5. The van der Waals surface area contributed by atoms with Crippen LogP contribution < -0.4 is 21.8 Å². The van der Waals surface area contributed by atoms with Crippen molar-refractivity contribution in [3.63, 3.8) is 0 Å². The number of hydroxylamine groups is 1. The van der Waals surface area contributed by atoms with E-state index in [0.717, 1.165) is 11.1 Å². The predicted octanol–water partition coefficient (Wildman–Crippen LogP) is 2.49. The SMILES string of the molecule is C.CN(CC(=O)Nc1ccc(C#Cc2ccc(C(=O)N[C@@H](CN)C(=O)NO)cc2)cc1)Cc1ccc(F)cc1. The lowest BCUT2D eigenvalue weighted by molar-refractivity contribution is -0.130. The van der Waals surface area contributed by atoms with Crippen LogP contribution in [0.2, 0.25) is 0 Å². The number of benzene rings is 3. The van der Waals surface area contributed by atoms with Gasteiger partial charge in [0.15, 0.2) is 0 Å². The maximum atomic E-state index is 13.0. The fourth-order valence-electron chi connectivity index (χ4n) is 3.44. The summed E-state index contributed by atoms with van der Waals surface area (Å²) < 4.78 is 13.0. The molecule has 3 aromatic carbocycles. The topological polar surface area (TPSA) is 137 Å². The van der Waals surface area contributed by atoms with Gasteiger partial charge >= 0.3 is 0 Å². The highest BCUT2D eigenvalue weighted by Gasteiger charge is 2.19. The lowest BCUT2D eigenvalue weighted by Gasteiger charge is -2.16. The Morgan fingerprint density at radius 1 is 0.949 bits per heavy atom. The number of anilines is 1. The van der Waals surface area contributed by atoms with E-state index in [1.54, 1.807) is 60.7 Å². The van der Waals surface area contributed by atoms with E-state index in [1.165, 1.54) is 17.6 Å². The van der Waals surface area contributed by atoms with Gasteiger partial charge in [-0.3, -0.25) is 24.5 Å². The average molecular weight is 534 g/mol. The number of likely N-dealkylation sites (N-methyl/N-ethyl adjacent to an activating group) is 1. The van der Waals surface area contributed by atoms with E-state index in [9.17, 15) is 18.8 Å². The molecule has 0 spiro atoms. The van der Waals surface area contributed by atoms with Crippen LogP contribution in [0.4, 0.5) is 10.1 Å². The van der Waals surface area contributed by atoms with E-state index in [-0.39, 0.29) is 32.2 Å². The Bertz CT molecular complexity index is 1320. The summed E-state index contributed by atoms with van der Waals surface area (Å²) >= 11 is 0. The summed E-state index contributed by atoms with van der Waals surface area (Å²) in [6, 6.07) is 18.7.